The summed E-state index contributed by atoms with van der Waals surface area (Å²) in [5.74, 6) is 1.90. The summed E-state index contributed by atoms with van der Waals surface area (Å²) in [6, 6.07) is 0.0487. The van der Waals surface area contributed by atoms with Crippen molar-refractivity contribution in [1.82, 2.24) is 10.2 Å². The van der Waals surface area contributed by atoms with E-state index in [-0.39, 0.29) is 23.8 Å². The molecule has 0 aromatic carbocycles. The molecule has 1 unspecified atom stereocenters. The first kappa shape index (κ1) is 17.1. The predicted octanol–water partition coefficient (Wildman–Crippen LogP) is 3.16. The highest BCUT2D eigenvalue weighted by molar-refractivity contribution is 7.99. The molecule has 23 heavy (non-hydrogen) atoms. The highest BCUT2D eigenvalue weighted by Gasteiger charge is 2.39. The van der Waals surface area contributed by atoms with E-state index in [9.17, 15) is 9.59 Å². The van der Waals surface area contributed by atoms with E-state index in [2.05, 4.69) is 19.2 Å². The van der Waals surface area contributed by atoms with Crippen LogP contribution in [0.1, 0.15) is 65.2 Å². The minimum absolute atomic E-state index is 0.0750. The van der Waals surface area contributed by atoms with Crippen LogP contribution in [-0.2, 0) is 9.59 Å². The molecule has 5 heteroatoms. The molecule has 130 valence electrons. The maximum Gasteiger partial charge on any atom is 0.243 e. The summed E-state index contributed by atoms with van der Waals surface area (Å²) in [7, 11) is 0. The van der Waals surface area contributed by atoms with Crippen molar-refractivity contribution < 1.29 is 9.59 Å². The largest absolute Gasteiger partial charge is 0.352 e. The van der Waals surface area contributed by atoms with Crippen LogP contribution in [0.2, 0.25) is 0 Å². The standard InChI is InChI=1S/C18H30N2O2S/c1-18(2)9-7-14(8-10-18)19-16(21)15-11-23-12-20(15)17(22)13-5-3-4-6-13/h13-15H,3-12H2,1-2H3,(H,19,21). The summed E-state index contributed by atoms with van der Waals surface area (Å²) < 4.78 is 0. The van der Waals surface area contributed by atoms with Gasteiger partial charge in [0.05, 0.1) is 5.88 Å². The van der Waals surface area contributed by atoms with Crippen molar-refractivity contribution in [2.24, 2.45) is 11.3 Å². The molecule has 1 heterocycles. The molecule has 3 aliphatic rings. The van der Waals surface area contributed by atoms with E-state index in [0.717, 1.165) is 44.3 Å². The summed E-state index contributed by atoms with van der Waals surface area (Å²) >= 11 is 1.71. The third-order valence-electron chi connectivity index (χ3n) is 5.86. The van der Waals surface area contributed by atoms with Crippen LogP contribution in [0, 0.1) is 11.3 Å². The Morgan fingerprint density at radius 2 is 1.74 bits per heavy atom. The molecule has 1 atom stereocenters. The minimum Gasteiger partial charge on any atom is -0.352 e. The second-order valence-corrected chi connectivity index (χ2v) is 9.25. The Bertz CT molecular complexity index is 450. The van der Waals surface area contributed by atoms with E-state index in [4.69, 9.17) is 0 Å². The molecular weight excluding hydrogens is 308 g/mol. The smallest absolute Gasteiger partial charge is 0.243 e. The number of nitrogens with one attached hydrogen (secondary N) is 1. The molecule has 2 saturated carbocycles. The van der Waals surface area contributed by atoms with Crippen molar-refractivity contribution in [3.05, 3.63) is 0 Å². The van der Waals surface area contributed by atoms with Crippen molar-refractivity contribution in [3.8, 4) is 0 Å². The van der Waals surface area contributed by atoms with E-state index in [1.54, 1.807) is 11.8 Å². The van der Waals surface area contributed by atoms with Crippen LogP contribution >= 0.6 is 11.8 Å². The Labute approximate surface area is 144 Å². The highest BCUT2D eigenvalue weighted by Crippen LogP contribution is 2.35. The summed E-state index contributed by atoms with van der Waals surface area (Å²) in [6.07, 6.45) is 8.80. The summed E-state index contributed by atoms with van der Waals surface area (Å²) in [5.41, 5.74) is 0.412. The molecule has 2 amide bonds. The van der Waals surface area contributed by atoms with E-state index in [1.165, 1.54) is 12.8 Å². The summed E-state index contributed by atoms with van der Waals surface area (Å²) in [4.78, 5) is 27.2. The number of nitrogens with zero attached hydrogens (tertiary/aromatic N) is 1. The predicted molar refractivity (Wildman–Crippen MR) is 94.1 cm³/mol. The molecule has 1 N–H and O–H groups in total. The maximum atomic E-state index is 12.7. The zero-order chi connectivity index (χ0) is 16.4. The number of thioether (sulfide) groups is 1. The first-order valence-electron chi connectivity index (χ1n) is 9.15. The number of rotatable bonds is 3. The molecule has 0 radical (unpaired) electrons. The van der Waals surface area contributed by atoms with Crippen molar-refractivity contribution in [1.29, 1.82) is 0 Å². The number of hydrogen-bond acceptors (Lipinski definition) is 3. The van der Waals surface area contributed by atoms with Crippen LogP contribution in [0.25, 0.3) is 0 Å². The van der Waals surface area contributed by atoms with Gasteiger partial charge in [-0.2, -0.15) is 0 Å². The molecule has 2 aliphatic carbocycles. The van der Waals surface area contributed by atoms with Crippen LogP contribution < -0.4 is 5.32 Å². The Kier molecular flexibility index (Phi) is 5.24. The van der Waals surface area contributed by atoms with Crippen LogP contribution in [-0.4, -0.2) is 40.4 Å². The molecule has 0 aromatic heterocycles. The quantitative estimate of drug-likeness (QED) is 0.860. The van der Waals surface area contributed by atoms with Crippen LogP contribution in [0.4, 0.5) is 0 Å². The Balaban J connectivity index is 1.54. The third-order valence-corrected chi connectivity index (χ3v) is 6.87. The Morgan fingerprint density at radius 3 is 2.39 bits per heavy atom. The molecule has 3 rings (SSSR count). The first-order valence-corrected chi connectivity index (χ1v) is 10.3. The molecular formula is C18H30N2O2S. The normalized spacial score (nSPS) is 29.0. The Morgan fingerprint density at radius 1 is 1.09 bits per heavy atom. The lowest BCUT2D eigenvalue weighted by atomic mass is 9.75. The zero-order valence-electron chi connectivity index (χ0n) is 14.5. The fraction of sp³-hybridized carbons (Fsp3) is 0.889. The summed E-state index contributed by atoms with van der Waals surface area (Å²) in [6.45, 7) is 4.61. The summed E-state index contributed by atoms with van der Waals surface area (Å²) in [5, 5.41) is 3.23. The molecule has 3 fully saturated rings. The van der Waals surface area contributed by atoms with Gasteiger partial charge in [-0.25, -0.2) is 0 Å². The molecule has 1 aliphatic heterocycles. The van der Waals surface area contributed by atoms with Gasteiger partial charge in [0.2, 0.25) is 11.8 Å². The van der Waals surface area contributed by atoms with Gasteiger partial charge < -0.3 is 10.2 Å². The maximum absolute atomic E-state index is 12.7. The van der Waals surface area contributed by atoms with Gasteiger partial charge in [0.15, 0.2) is 0 Å². The number of carbonyl (C=O) groups is 2. The van der Waals surface area contributed by atoms with Gasteiger partial charge in [0.25, 0.3) is 0 Å². The van der Waals surface area contributed by atoms with E-state index in [1.807, 2.05) is 4.90 Å². The van der Waals surface area contributed by atoms with Gasteiger partial charge in [-0.1, -0.05) is 26.7 Å². The van der Waals surface area contributed by atoms with Crippen molar-refractivity contribution in [2.45, 2.75) is 77.3 Å². The second-order valence-electron chi connectivity index (χ2n) is 8.25. The minimum atomic E-state index is -0.247. The van der Waals surface area contributed by atoms with Gasteiger partial charge in [0.1, 0.15) is 6.04 Å². The number of carbonyl (C=O) groups excluding carboxylic acids is 2. The van der Waals surface area contributed by atoms with Gasteiger partial charge in [-0.3, -0.25) is 9.59 Å². The van der Waals surface area contributed by atoms with Crippen LogP contribution in [0.15, 0.2) is 0 Å². The number of amides is 2. The van der Waals surface area contributed by atoms with Crippen LogP contribution in [0.5, 0.6) is 0 Å². The van der Waals surface area contributed by atoms with E-state index < -0.39 is 0 Å². The first-order chi connectivity index (χ1) is 11.0. The zero-order valence-corrected chi connectivity index (χ0v) is 15.3. The van der Waals surface area contributed by atoms with Crippen molar-refractivity contribution >= 4 is 23.6 Å². The average Bonchev–Trinajstić information content (AvgIpc) is 3.20. The average molecular weight is 339 g/mol. The monoisotopic (exact) mass is 338 g/mol. The highest BCUT2D eigenvalue weighted by atomic mass is 32.2. The molecule has 4 nitrogen and oxygen atoms in total. The van der Waals surface area contributed by atoms with E-state index in [0.29, 0.717) is 17.3 Å². The van der Waals surface area contributed by atoms with Crippen molar-refractivity contribution in [2.75, 3.05) is 11.6 Å². The SMILES string of the molecule is CC1(C)CCC(NC(=O)C2CSCN2C(=O)C2CCCC2)CC1. The van der Waals surface area contributed by atoms with Gasteiger partial charge in [-0.15, -0.1) is 11.8 Å². The molecule has 0 spiro atoms. The lowest BCUT2D eigenvalue weighted by Gasteiger charge is -2.35. The number of hydrogen-bond donors (Lipinski definition) is 1. The Hall–Kier alpha value is -0.710. The molecule has 0 aromatic rings. The lowest BCUT2D eigenvalue weighted by molar-refractivity contribution is -0.141. The third kappa shape index (κ3) is 4.04. The fourth-order valence-corrected chi connectivity index (χ4v) is 5.29. The van der Waals surface area contributed by atoms with Gasteiger partial charge in [0, 0.05) is 17.7 Å². The second kappa shape index (κ2) is 7.04. The van der Waals surface area contributed by atoms with Gasteiger partial charge >= 0.3 is 0 Å². The van der Waals surface area contributed by atoms with Crippen molar-refractivity contribution in [3.63, 3.8) is 0 Å². The lowest BCUT2D eigenvalue weighted by Crippen LogP contribution is -2.51. The topological polar surface area (TPSA) is 49.4 Å². The molecule has 1 saturated heterocycles. The van der Waals surface area contributed by atoms with Gasteiger partial charge in [-0.05, 0) is 43.9 Å². The van der Waals surface area contributed by atoms with E-state index >= 15 is 0 Å². The van der Waals surface area contributed by atoms with Crippen LogP contribution in [0.3, 0.4) is 0 Å². The molecule has 0 bridgehead atoms. The fourth-order valence-electron chi connectivity index (χ4n) is 4.13.